The molecule has 0 aliphatic rings. The average molecular weight is 841 g/mol. The van der Waals surface area contributed by atoms with Crippen molar-refractivity contribution >= 4 is 106 Å². The van der Waals surface area contributed by atoms with Crippen LogP contribution in [0.3, 0.4) is 0 Å². The lowest BCUT2D eigenvalue weighted by Gasteiger charge is -2.17. The minimum atomic E-state index is -4.65. The van der Waals surface area contributed by atoms with Crippen molar-refractivity contribution in [2.75, 3.05) is 13.2 Å². The third kappa shape index (κ3) is 6.16. The summed E-state index contributed by atoms with van der Waals surface area (Å²) in [6.07, 6.45) is 0. The van der Waals surface area contributed by atoms with Crippen molar-refractivity contribution in [1.29, 1.82) is 0 Å². The van der Waals surface area contributed by atoms with Crippen LogP contribution in [0.4, 0.5) is 0 Å². The molecule has 2 aromatic carbocycles. The zero-order valence-corrected chi connectivity index (χ0v) is 22.5. The molecule has 0 atom stereocenters. The molecule has 0 unspecified atom stereocenters. The third-order valence-corrected chi connectivity index (χ3v) is 8.28. The fourth-order valence-electron chi connectivity index (χ4n) is 1.91. The molecular formula is C15H9I4O7S-. The van der Waals surface area contributed by atoms with E-state index in [-0.39, 0.29) is 38.7 Å². The highest BCUT2D eigenvalue weighted by atomic mass is 127. The van der Waals surface area contributed by atoms with E-state index in [0.29, 0.717) is 10.7 Å². The summed E-state index contributed by atoms with van der Waals surface area (Å²) < 4.78 is 46.7. The number of aromatic hydroxyl groups is 1. The van der Waals surface area contributed by atoms with Gasteiger partial charge in [0.25, 0.3) is 0 Å². The predicted octanol–water partition coefficient (Wildman–Crippen LogP) is 3.95. The Balaban J connectivity index is 2.05. The number of rotatable bonds is 6. The van der Waals surface area contributed by atoms with Crippen LogP contribution in [-0.2, 0) is 14.9 Å². The molecule has 0 saturated carbocycles. The van der Waals surface area contributed by atoms with Gasteiger partial charge in [-0.25, -0.2) is 13.2 Å². The van der Waals surface area contributed by atoms with E-state index in [1.807, 2.05) is 45.2 Å². The molecule has 0 spiro atoms. The second-order valence-electron chi connectivity index (χ2n) is 4.92. The Morgan fingerprint density at radius 2 is 1.70 bits per heavy atom. The van der Waals surface area contributed by atoms with Crippen LogP contribution in [-0.4, -0.2) is 37.3 Å². The molecule has 0 radical (unpaired) electrons. The highest BCUT2D eigenvalue weighted by Gasteiger charge is 2.20. The Morgan fingerprint density at radius 3 is 2.30 bits per heavy atom. The van der Waals surface area contributed by atoms with E-state index in [1.165, 1.54) is 24.3 Å². The first-order valence-corrected chi connectivity index (χ1v) is 12.7. The first-order valence-electron chi connectivity index (χ1n) is 6.94. The number of hydrogen-bond donors (Lipinski definition) is 1. The Bertz CT molecular complexity index is 992. The number of ether oxygens (including phenoxy) is 2. The number of benzene rings is 2. The van der Waals surface area contributed by atoms with E-state index in [4.69, 9.17) is 9.47 Å². The van der Waals surface area contributed by atoms with Crippen LogP contribution >= 0.6 is 90.4 Å². The summed E-state index contributed by atoms with van der Waals surface area (Å²) in [6.45, 7) is -0.0975. The quantitative estimate of drug-likeness (QED) is 0.203. The lowest BCUT2D eigenvalue weighted by atomic mass is 10.2. The van der Waals surface area contributed by atoms with Gasteiger partial charge in [0.05, 0.1) is 21.2 Å². The molecule has 0 fully saturated rings. The topological polar surface area (TPSA) is 113 Å². The Hall–Kier alpha value is 0.340. The van der Waals surface area contributed by atoms with E-state index in [0.717, 1.165) is 0 Å². The van der Waals surface area contributed by atoms with Crippen molar-refractivity contribution in [3.8, 4) is 11.5 Å². The van der Waals surface area contributed by atoms with Gasteiger partial charge >= 0.3 is 5.97 Å². The van der Waals surface area contributed by atoms with Gasteiger partial charge in [-0.15, -0.1) is 0 Å². The molecule has 0 bridgehead atoms. The summed E-state index contributed by atoms with van der Waals surface area (Å²) >= 11 is 7.41. The number of carbonyl (C=O) groups is 1. The van der Waals surface area contributed by atoms with Crippen molar-refractivity contribution in [2.24, 2.45) is 0 Å². The van der Waals surface area contributed by atoms with Crippen LogP contribution in [0, 0.1) is 14.3 Å². The molecule has 2 aromatic rings. The van der Waals surface area contributed by atoms with Crippen LogP contribution in [0.1, 0.15) is 10.4 Å². The standard InChI is InChI=1S/C15H10I4O7S/c16-8-5-7(1-2-11(8)20)15(21)26-4-3-25-13-9(17)6-10(18)14(12(13)19)27(22,23)24/h1-2,5-6,20H,3-4H2,(H,22,23,24)/p-1. The number of halogens is 4. The fraction of sp³-hybridized carbons (Fsp3) is 0.133. The van der Waals surface area contributed by atoms with Crippen molar-refractivity contribution in [3.05, 3.63) is 44.1 Å². The number of hydrogen-bond acceptors (Lipinski definition) is 7. The number of phenolic OH excluding ortho intramolecular Hbond substituents is 1. The average Bonchev–Trinajstić information content (AvgIpc) is 2.54. The van der Waals surface area contributed by atoms with E-state index in [1.54, 1.807) is 45.2 Å². The van der Waals surface area contributed by atoms with E-state index in [2.05, 4.69) is 0 Å². The molecule has 0 amide bonds. The Morgan fingerprint density at radius 1 is 1.04 bits per heavy atom. The number of phenols is 1. The summed E-state index contributed by atoms with van der Waals surface area (Å²) in [4.78, 5) is 11.7. The van der Waals surface area contributed by atoms with E-state index in [9.17, 15) is 22.9 Å². The van der Waals surface area contributed by atoms with Gasteiger partial charge in [0.15, 0.2) is 0 Å². The Labute approximate surface area is 209 Å². The van der Waals surface area contributed by atoms with Crippen molar-refractivity contribution < 1.29 is 32.3 Å². The third-order valence-electron chi connectivity index (χ3n) is 3.08. The maximum absolute atomic E-state index is 12.0. The maximum Gasteiger partial charge on any atom is 0.338 e. The van der Waals surface area contributed by atoms with Crippen molar-refractivity contribution in [2.45, 2.75) is 4.90 Å². The molecule has 12 heteroatoms. The number of carbonyl (C=O) groups excluding carboxylic acids is 1. The molecule has 1 N–H and O–H groups in total. The highest BCUT2D eigenvalue weighted by Crippen LogP contribution is 2.35. The van der Waals surface area contributed by atoms with Crippen molar-refractivity contribution in [1.82, 2.24) is 0 Å². The molecule has 0 aliphatic heterocycles. The second kappa shape index (κ2) is 9.90. The van der Waals surface area contributed by atoms with Gasteiger partial charge in [-0.1, -0.05) is 0 Å². The van der Waals surface area contributed by atoms with E-state index >= 15 is 0 Å². The summed E-state index contributed by atoms with van der Waals surface area (Å²) in [5.41, 5.74) is 0.287. The van der Waals surface area contributed by atoms with Gasteiger partial charge in [-0.3, -0.25) is 0 Å². The van der Waals surface area contributed by atoms with Gasteiger partial charge in [0.2, 0.25) is 0 Å². The normalized spacial score (nSPS) is 11.3. The predicted molar refractivity (Wildman–Crippen MR) is 129 cm³/mol. The molecule has 2 rings (SSSR count). The number of esters is 1. The first kappa shape index (κ1) is 23.6. The zero-order valence-electron chi connectivity index (χ0n) is 13.0. The molecule has 27 heavy (non-hydrogen) atoms. The van der Waals surface area contributed by atoms with Crippen LogP contribution in [0.15, 0.2) is 29.2 Å². The summed E-state index contributed by atoms with van der Waals surface area (Å²) in [7, 11) is -4.65. The van der Waals surface area contributed by atoms with Gasteiger partial charge in [-0.2, -0.15) is 0 Å². The fourth-order valence-corrected chi connectivity index (χ4v) is 8.34. The highest BCUT2D eigenvalue weighted by molar-refractivity contribution is 14.1. The smallest absolute Gasteiger partial charge is 0.338 e. The largest absolute Gasteiger partial charge is 0.744 e. The van der Waals surface area contributed by atoms with Crippen LogP contribution < -0.4 is 4.74 Å². The van der Waals surface area contributed by atoms with Gasteiger partial charge in [-0.05, 0) is 115 Å². The van der Waals surface area contributed by atoms with Crippen molar-refractivity contribution in [3.63, 3.8) is 0 Å². The molecular weight excluding hydrogens is 832 g/mol. The summed E-state index contributed by atoms with van der Waals surface area (Å²) in [5, 5.41) is 9.47. The van der Waals surface area contributed by atoms with Gasteiger partial charge < -0.3 is 19.1 Å². The Kier molecular flexibility index (Phi) is 8.66. The molecule has 0 heterocycles. The maximum atomic E-state index is 12.0. The molecule has 7 nitrogen and oxygen atoms in total. The zero-order chi connectivity index (χ0) is 20.4. The SMILES string of the molecule is O=C(OCCOc1c(I)cc(I)c(S(=O)(=O)[O-])c1I)c1ccc(O)c(I)c1. The minimum absolute atomic E-state index is 0.0220. The molecule has 0 aliphatic carbocycles. The van der Waals surface area contributed by atoms with Gasteiger partial charge in [0.1, 0.15) is 34.8 Å². The second-order valence-corrected chi connectivity index (χ2v) is 10.8. The van der Waals surface area contributed by atoms with Crippen LogP contribution in [0.25, 0.3) is 0 Å². The lowest BCUT2D eigenvalue weighted by Crippen LogP contribution is -2.14. The van der Waals surface area contributed by atoms with Crippen LogP contribution in [0.5, 0.6) is 11.5 Å². The summed E-state index contributed by atoms with van der Waals surface area (Å²) in [6, 6.07) is 5.87. The first-order chi connectivity index (χ1) is 12.5. The van der Waals surface area contributed by atoms with E-state index < -0.39 is 16.1 Å². The van der Waals surface area contributed by atoms with Gasteiger partial charge in [0, 0.05) is 3.57 Å². The lowest BCUT2D eigenvalue weighted by molar-refractivity contribution is 0.0449. The minimum Gasteiger partial charge on any atom is -0.744 e. The molecule has 0 saturated heterocycles. The van der Waals surface area contributed by atoms with Crippen LogP contribution in [0.2, 0.25) is 0 Å². The monoisotopic (exact) mass is 841 g/mol. The molecule has 146 valence electrons. The summed E-state index contributed by atoms with van der Waals surface area (Å²) in [5.74, 6) is -0.255. The molecule has 0 aromatic heterocycles.